The van der Waals surface area contributed by atoms with Crippen molar-refractivity contribution in [1.29, 1.82) is 0 Å². The minimum Gasteiger partial charge on any atom is -0.351 e. The standard InChI is InChI=1S/C22H16F4N4O/c1-13-7-8-16(29-21(31)14-5-3-2-4-6-14)20(19(13)22(24,25)26)28-17-9-15(23)11-30-12-27-10-18(17)30/h2-12,28H,1H3,(H,29,31). The monoisotopic (exact) mass is 428 g/mol. The third kappa shape index (κ3) is 4.07. The number of nitrogens with one attached hydrogen (secondary N) is 2. The highest BCUT2D eigenvalue weighted by atomic mass is 19.4. The van der Waals surface area contributed by atoms with Crippen LogP contribution in [0.1, 0.15) is 21.5 Å². The highest BCUT2D eigenvalue weighted by molar-refractivity contribution is 6.06. The van der Waals surface area contributed by atoms with E-state index in [1.165, 1.54) is 36.0 Å². The summed E-state index contributed by atoms with van der Waals surface area (Å²) in [6.07, 6.45) is -0.827. The van der Waals surface area contributed by atoms with Gasteiger partial charge in [0, 0.05) is 17.8 Å². The molecule has 0 fully saturated rings. The van der Waals surface area contributed by atoms with Gasteiger partial charge in [0.2, 0.25) is 0 Å². The fourth-order valence-electron chi connectivity index (χ4n) is 3.32. The summed E-state index contributed by atoms with van der Waals surface area (Å²) in [6.45, 7) is 1.32. The number of pyridine rings is 1. The van der Waals surface area contributed by atoms with Gasteiger partial charge in [-0.3, -0.25) is 4.79 Å². The molecule has 9 heteroatoms. The summed E-state index contributed by atoms with van der Waals surface area (Å²) in [5.41, 5.74) is -0.750. The van der Waals surface area contributed by atoms with Gasteiger partial charge in [0.15, 0.2) is 0 Å². The second-order valence-corrected chi connectivity index (χ2v) is 6.88. The zero-order valence-electron chi connectivity index (χ0n) is 16.2. The van der Waals surface area contributed by atoms with E-state index in [0.29, 0.717) is 5.52 Å². The molecule has 2 aromatic heterocycles. The van der Waals surface area contributed by atoms with Crippen molar-refractivity contribution in [1.82, 2.24) is 9.38 Å². The van der Waals surface area contributed by atoms with Gasteiger partial charge in [-0.15, -0.1) is 0 Å². The number of carbonyl (C=O) groups excluding carboxylic acids is 1. The quantitative estimate of drug-likeness (QED) is 0.404. The van der Waals surface area contributed by atoms with Crippen molar-refractivity contribution in [2.45, 2.75) is 13.1 Å². The number of nitrogens with zero attached hydrogens (tertiary/aromatic N) is 2. The number of anilines is 3. The highest BCUT2D eigenvalue weighted by Gasteiger charge is 2.37. The maximum absolute atomic E-state index is 14.0. The maximum Gasteiger partial charge on any atom is 0.418 e. The molecule has 0 aliphatic heterocycles. The number of imidazole rings is 1. The lowest BCUT2D eigenvalue weighted by Crippen LogP contribution is -2.17. The number of benzene rings is 2. The van der Waals surface area contributed by atoms with E-state index in [1.807, 2.05) is 0 Å². The summed E-state index contributed by atoms with van der Waals surface area (Å²) in [4.78, 5) is 16.5. The van der Waals surface area contributed by atoms with Crippen LogP contribution in [0.2, 0.25) is 0 Å². The summed E-state index contributed by atoms with van der Waals surface area (Å²) in [7, 11) is 0. The first-order valence-corrected chi connectivity index (χ1v) is 9.19. The van der Waals surface area contributed by atoms with Gasteiger partial charge in [-0.1, -0.05) is 24.3 Å². The van der Waals surface area contributed by atoms with E-state index in [4.69, 9.17) is 0 Å². The Morgan fingerprint density at radius 1 is 1.06 bits per heavy atom. The molecule has 0 saturated carbocycles. The summed E-state index contributed by atoms with van der Waals surface area (Å²) < 4.78 is 57.2. The smallest absolute Gasteiger partial charge is 0.351 e. The van der Waals surface area contributed by atoms with Crippen molar-refractivity contribution in [3.8, 4) is 0 Å². The van der Waals surface area contributed by atoms with Crippen LogP contribution >= 0.6 is 0 Å². The average Bonchev–Trinajstić information content (AvgIpc) is 3.18. The SMILES string of the molecule is Cc1ccc(NC(=O)c2ccccc2)c(Nc2cc(F)cn3cncc23)c1C(F)(F)F. The molecule has 0 radical (unpaired) electrons. The fourth-order valence-corrected chi connectivity index (χ4v) is 3.32. The first-order valence-electron chi connectivity index (χ1n) is 9.19. The molecule has 0 spiro atoms. The first kappa shape index (κ1) is 20.4. The summed E-state index contributed by atoms with van der Waals surface area (Å²) >= 11 is 0. The Hall–Kier alpha value is -3.88. The third-order valence-electron chi connectivity index (χ3n) is 4.73. The van der Waals surface area contributed by atoms with Crippen LogP contribution in [0.3, 0.4) is 0 Å². The number of rotatable bonds is 4. The highest BCUT2D eigenvalue weighted by Crippen LogP contribution is 2.43. The van der Waals surface area contributed by atoms with Gasteiger partial charge in [-0.25, -0.2) is 9.37 Å². The number of amides is 1. The van der Waals surface area contributed by atoms with E-state index < -0.39 is 23.5 Å². The molecule has 5 nitrogen and oxygen atoms in total. The molecular weight excluding hydrogens is 412 g/mol. The number of carbonyl (C=O) groups is 1. The second kappa shape index (κ2) is 7.75. The van der Waals surface area contributed by atoms with Crippen LogP contribution in [0.15, 0.2) is 67.3 Å². The van der Waals surface area contributed by atoms with Gasteiger partial charge in [-0.05, 0) is 30.7 Å². The molecule has 31 heavy (non-hydrogen) atoms. The van der Waals surface area contributed by atoms with E-state index in [-0.39, 0.29) is 28.2 Å². The molecule has 2 heterocycles. The molecule has 2 N–H and O–H groups in total. The molecule has 0 aliphatic rings. The molecule has 0 bridgehead atoms. The second-order valence-electron chi connectivity index (χ2n) is 6.88. The van der Waals surface area contributed by atoms with Gasteiger partial charge < -0.3 is 15.0 Å². The van der Waals surface area contributed by atoms with Crippen LogP contribution in [-0.4, -0.2) is 15.3 Å². The number of halogens is 4. The van der Waals surface area contributed by atoms with Gasteiger partial charge in [0.25, 0.3) is 5.91 Å². The van der Waals surface area contributed by atoms with Crippen molar-refractivity contribution in [2.75, 3.05) is 10.6 Å². The van der Waals surface area contributed by atoms with Crippen LogP contribution in [0.4, 0.5) is 34.6 Å². The number of fused-ring (bicyclic) bond motifs is 1. The number of aryl methyl sites for hydroxylation is 1. The molecule has 4 rings (SSSR count). The van der Waals surface area contributed by atoms with Gasteiger partial charge in [0.05, 0.1) is 40.7 Å². The number of hydrogen-bond acceptors (Lipinski definition) is 3. The summed E-state index contributed by atoms with van der Waals surface area (Å²) in [5.74, 6) is -1.24. The summed E-state index contributed by atoms with van der Waals surface area (Å²) in [5, 5.41) is 5.21. The van der Waals surface area contributed by atoms with Crippen LogP contribution in [0, 0.1) is 12.7 Å². The molecular formula is C22H16F4N4O. The minimum absolute atomic E-state index is 0.0476. The van der Waals surface area contributed by atoms with E-state index >= 15 is 0 Å². The van der Waals surface area contributed by atoms with Gasteiger partial charge in [0.1, 0.15) is 5.82 Å². The maximum atomic E-state index is 14.0. The largest absolute Gasteiger partial charge is 0.418 e. The minimum atomic E-state index is -4.72. The molecule has 0 saturated heterocycles. The fraction of sp³-hybridized carbons (Fsp3) is 0.0909. The molecule has 2 aromatic carbocycles. The van der Waals surface area contributed by atoms with Gasteiger partial charge in [-0.2, -0.15) is 13.2 Å². The first-order chi connectivity index (χ1) is 14.7. The lowest BCUT2D eigenvalue weighted by molar-refractivity contribution is -0.137. The molecule has 4 aromatic rings. The Morgan fingerprint density at radius 2 is 1.81 bits per heavy atom. The normalized spacial score (nSPS) is 11.5. The van der Waals surface area contributed by atoms with Crippen molar-refractivity contribution < 1.29 is 22.4 Å². The van der Waals surface area contributed by atoms with E-state index in [9.17, 15) is 22.4 Å². The predicted octanol–water partition coefficient (Wildman–Crippen LogP) is 5.80. The van der Waals surface area contributed by atoms with Crippen molar-refractivity contribution in [3.05, 3.63) is 89.8 Å². The zero-order chi connectivity index (χ0) is 22.2. The predicted molar refractivity (Wildman–Crippen MR) is 109 cm³/mol. The molecule has 158 valence electrons. The molecule has 0 aliphatic carbocycles. The van der Waals surface area contributed by atoms with E-state index in [0.717, 1.165) is 12.3 Å². The van der Waals surface area contributed by atoms with Crippen molar-refractivity contribution in [3.63, 3.8) is 0 Å². The Kier molecular flexibility index (Phi) is 5.10. The Labute approximate surface area is 174 Å². The Bertz CT molecular complexity index is 1270. The lowest BCUT2D eigenvalue weighted by atomic mass is 10.0. The van der Waals surface area contributed by atoms with Crippen LogP contribution in [0.25, 0.3) is 5.52 Å². The Balaban J connectivity index is 1.85. The zero-order valence-corrected chi connectivity index (χ0v) is 16.2. The number of alkyl halides is 3. The van der Waals surface area contributed by atoms with Crippen LogP contribution in [0.5, 0.6) is 0 Å². The molecule has 0 unspecified atom stereocenters. The van der Waals surface area contributed by atoms with Crippen LogP contribution < -0.4 is 10.6 Å². The van der Waals surface area contributed by atoms with Crippen LogP contribution in [-0.2, 0) is 6.18 Å². The third-order valence-corrected chi connectivity index (χ3v) is 4.73. The average molecular weight is 428 g/mol. The molecule has 0 atom stereocenters. The number of aromatic nitrogens is 2. The van der Waals surface area contributed by atoms with Crippen molar-refractivity contribution >= 4 is 28.5 Å². The van der Waals surface area contributed by atoms with Crippen molar-refractivity contribution in [2.24, 2.45) is 0 Å². The number of hydrogen-bond donors (Lipinski definition) is 2. The molecule has 1 amide bonds. The summed E-state index contributed by atoms with van der Waals surface area (Å²) in [6, 6.07) is 11.8. The van der Waals surface area contributed by atoms with E-state index in [2.05, 4.69) is 15.6 Å². The van der Waals surface area contributed by atoms with E-state index in [1.54, 1.807) is 30.3 Å². The van der Waals surface area contributed by atoms with Gasteiger partial charge >= 0.3 is 6.18 Å². The Morgan fingerprint density at radius 3 is 2.52 bits per heavy atom. The topological polar surface area (TPSA) is 58.4 Å². The lowest BCUT2D eigenvalue weighted by Gasteiger charge is -2.21.